The third kappa shape index (κ3) is 4.43. The van der Waals surface area contributed by atoms with Crippen LogP contribution < -0.4 is 10.6 Å². The molecule has 3 N–H and O–H groups in total. The van der Waals surface area contributed by atoms with Crippen molar-refractivity contribution < 1.29 is 14.7 Å². The van der Waals surface area contributed by atoms with Crippen molar-refractivity contribution in [3.8, 4) is 0 Å². The van der Waals surface area contributed by atoms with Crippen LogP contribution in [-0.4, -0.2) is 23.5 Å². The first-order valence-corrected chi connectivity index (χ1v) is 7.74. The van der Waals surface area contributed by atoms with Gasteiger partial charge in [0, 0.05) is 18.2 Å². The van der Waals surface area contributed by atoms with Crippen LogP contribution in [0.4, 0.5) is 5.69 Å². The maximum atomic E-state index is 12.3. The molecule has 1 unspecified atom stereocenters. The van der Waals surface area contributed by atoms with Crippen molar-refractivity contribution >= 4 is 17.5 Å². The molecule has 5 heteroatoms. The molecule has 0 aliphatic heterocycles. The molecule has 126 valence electrons. The summed E-state index contributed by atoms with van der Waals surface area (Å²) >= 11 is 0. The van der Waals surface area contributed by atoms with E-state index in [2.05, 4.69) is 10.6 Å². The molecule has 5 nitrogen and oxygen atoms in total. The number of hydrogen-bond acceptors (Lipinski definition) is 3. The van der Waals surface area contributed by atoms with Crippen molar-refractivity contribution in [3.63, 3.8) is 0 Å². The first kappa shape index (κ1) is 17.7. The van der Waals surface area contributed by atoms with Gasteiger partial charge in [-0.3, -0.25) is 9.59 Å². The summed E-state index contributed by atoms with van der Waals surface area (Å²) in [6.45, 7) is 5.01. The Morgan fingerprint density at radius 2 is 1.79 bits per heavy atom. The Morgan fingerprint density at radius 3 is 2.42 bits per heavy atom. The summed E-state index contributed by atoms with van der Waals surface area (Å²) in [5.41, 5.74) is 1.46. The zero-order valence-electron chi connectivity index (χ0n) is 14.1. The van der Waals surface area contributed by atoms with Crippen molar-refractivity contribution in [3.05, 3.63) is 65.2 Å². The maximum absolute atomic E-state index is 12.3. The number of hydrogen-bond donors (Lipinski definition) is 3. The van der Waals surface area contributed by atoms with Crippen LogP contribution in [0.15, 0.2) is 48.5 Å². The third-order valence-corrected chi connectivity index (χ3v) is 3.80. The zero-order valence-corrected chi connectivity index (χ0v) is 14.1. The smallest absolute Gasteiger partial charge is 0.251 e. The molecule has 0 aromatic heterocycles. The molecule has 0 radical (unpaired) electrons. The Labute approximate surface area is 141 Å². The third-order valence-electron chi connectivity index (χ3n) is 3.80. The largest absolute Gasteiger partial charge is 0.384 e. The molecule has 2 aromatic carbocycles. The number of amides is 2. The standard InChI is InChI=1S/C19H22N2O3/c1-13-9-10-15(11-17(13)21-14(2)22)18(23)20-12-19(3,24)16-7-5-4-6-8-16/h4-11,24H,12H2,1-3H3,(H,20,23)(H,21,22). The van der Waals surface area contributed by atoms with Gasteiger partial charge >= 0.3 is 0 Å². The molecule has 0 saturated heterocycles. The summed E-state index contributed by atoms with van der Waals surface area (Å²) < 4.78 is 0. The van der Waals surface area contributed by atoms with Crippen molar-refractivity contribution in [2.45, 2.75) is 26.4 Å². The molecule has 0 fully saturated rings. The van der Waals surface area contributed by atoms with Crippen LogP contribution in [-0.2, 0) is 10.4 Å². The predicted molar refractivity (Wildman–Crippen MR) is 93.8 cm³/mol. The molecule has 0 spiro atoms. The first-order valence-electron chi connectivity index (χ1n) is 7.74. The van der Waals surface area contributed by atoms with Crippen molar-refractivity contribution in [2.24, 2.45) is 0 Å². The minimum Gasteiger partial charge on any atom is -0.384 e. The van der Waals surface area contributed by atoms with Crippen LogP contribution in [0.3, 0.4) is 0 Å². The molecule has 1 atom stereocenters. The lowest BCUT2D eigenvalue weighted by molar-refractivity contribution is -0.114. The number of aryl methyl sites for hydroxylation is 1. The van der Waals surface area contributed by atoms with E-state index in [4.69, 9.17) is 0 Å². The summed E-state index contributed by atoms with van der Waals surface area (Å²) in [6.07, 6.45) is 0. The number of aliphatic hydroxyl groups is 1. The van der Waals surface area contributed by atoms with Gasteiger partial charge in [-0.05, 0) is 37.1 Å². The van der Waals surface area contributed by atoms with Gasteiger partial charge in [-0.1, -0.05) is 36.4 Å². The second-order valence-corrected chi connectivity index (χ2v) is 6.03. The minimum atomic E-state index is -1.16. The Kier molecular flexibility index (Phi) is 5.36. The van der Waals surface area contributed by atoms with Gasteiger partial charge in [0.25, 0.3) is 5.91 Å². The van der Waals surface area contributed by atoms with Gasteiger partial charge in [0.15, 0.2) is 0 Å². The highest BCUT2D eigenvalue weighted by molar-refractivity contribution is 5.97. The molecular formula is C19H22N2O3. The molecule has 0 saturated carbocycles. The normalized spacial score (nSPS) is 13.0. The van der Waals surface area contributed by atoms with Crippen molar-refractivity contribution in [1.82, 2.24) is 5.32 Å². The summed E-state index contributed by atoms with van der Waals surface area (Å²) in [5.74, 6) is -0.500. The van der Waals surface area contributed by atoms with E-state index in [9.17, 15) is 14.7 Å². The Hall–Kier alpha value is -2.66. The highest BCUT2D eigenvalue weighted by Crippen LogP contribution is 2.20. The predicted octanol–water partition coefficient (Wildman–Crippen LogP) is 2.59. The van der Waals surface area contributed by atoms with E-state index >= 15 is 0 Å². The topological polar surface area (TPSA) is 78.4 Å². The van der Waals surface area contributed by atoms with Gasteiger partial charge < -0.3 is 15.7 Å². The van der Waals surface area contributed by atoms with Gasteiger partial charge in [-0.25, -0.2) is 0 Å². The highest BCUT2D eigenvalue weighted by Gasteiger charge is 2.23. The van der Waals surface area contributed by atoms with Crippen LogP contribution in [0.5, 0.6) is 0 Å². The van der Waals surface area contributed by atoms with Crippen molar-refractivity contribution in [2.75, 3.05) is 11.9 Å². The fourth-order valence-electron chi connectivity index (χ4n) is 2.34. The van der Waals surface area contributed by atoms with Crippen molar-refractivity contribution in [1.29, 1.82) is 0 Å². The van der Waals surface area contributed by atoms with E-state index in [0.29, 0.717) is 11.3 Å². The van der Waals surface area contributed by atoms with Gasteiger partial charge in [-0.15, -0.1) is 0 Å². The summed E-state index contributed by atoms with van der Waals surface area (Å²) in [6, 6.07) is 14.3. The fraction of sp³-hybridized carbons (Fsp3) is 0.263. The lowest BCUT2D eigenvalue weighted by atomic mass is 9.96. The fourth-order valence-corrected chi connectivity index (χ4v) is 2.34. The average Bonchev–Trinajstić information content (AvgIpc) is 2.55. The van der Waals surface area contributed by atoms with Crippen LogP contribution in [0.2, 0.25) is 0 Å². The number of nitrogens with one attached hydrogen (secondary N) is 2. The van der Waals surface area contributed by atoms with E-state index in [1.807, 2.05) is 37.3 Å². The quantitative estimate of drug-likeness (QED) is 0.790. The average molecular weight is 326 g/mol. The van der Waals surface area contributed by atoms with Crippen LogP contribution in [0, 0.1) is 6.92 Å². The van der Waals surface area contributed by atoms with E-state index in [1.165, 1.54) is 6.92 Å². The van der Waals surface area contributed by atoms with Gasteiger partial charge in [0.1, 0.15) is 5.60 Å². The SMILES string of the molecule is CC(=O)Nc1cc(C(=O)NCC(C)(O)c2ccccc2)ccc1C. The number of benzene rings is 2. The molecule has 0 aliphatic carbocycles. The van der Waals surface area contributed by atoms with Gasteiger partial charge in [0.05, 0.1) is 6.54 Å². The molecule has 2 amide bonds. The Balaban J connectivity index is 2.09. The number of rotatable bonds is 5. The molecule has 0 aliphatic rings. The molecule has 2 rings (SSSR count). The van der Waals surface area contributed by atoms with Crippen LogP contribution in [0.25, 0.3) is 0 Å². The van der Waals surface area contributed by atoms with E-state index in [0.717, 1.165) is 11.1 Å². The van der Waals surface area contributed by atoms with Crippen LogP contribution >= 0.6 is 0 Å². The number of anilines is 1. The summed E-state index contributed by atoms with van der Waals surface area (Å²) in [5, 5.41) is 16.0. The lowest BCUT2D eigenvalue weighted by Crippen LogP contribution is -2.38. The second-order valence-electron chi connectivity index (χ2n) is 6.03. The Morgan fingerprint density at radius 1 is 1.12 bits per heavy atom. The molecule has 24 heavy (non-hydrogen) atoms. The van der Waals surface area contributed by atoms with E-state index in [-0.39, 0.29) is 18.4 Å². The lowest BCUT2D eigenvalue weighted by Gasteiger charge is -2.24. The van der Waals surface area contributed by atoms with Gasteiger partial charge in [0.2, 0.25) is 5.91 Å². The van der Waals surface area contributed by atoms with E-state index in [1.54, 1.807) is 25.1 Å². The van der Waals surface area contributed by atoms with Crippen LogP contribution in [0.1, 0.15) is 35.3 Å². The zero-order chi connectivity index (χ0) is 17.7. The Bertz CT molecular complexity index is 740. The van der Waals surface area contributed by atoms with Gasteiger partial charge in [-0.2, -0.15) is 0 Å². The number of carbonyl (C=O) groups excluding carboxylic acids is 2. The second kappa shape index (κ2) is 7.27. The molecule has 0 heterocycles. The summed E-state index contributed by atoms with van der Waals surface area (Å²) in [7, 11) is 0. The molecule has 0 bridgehead atoms. The minimum absolute atomic E-state index is 0.0825. The molecular weight excluding hydrogens is 304 g/mol. The monoisotopic (exact) mass is 326 g/mol. The first-order chi connectivity index (χ1) is 11.3. The maximum Gasteiger partial charge on any atom is 0.251 e. The number of carbonyl (C=O) groups is 2. The molecule has 2 aromatic rings. The highest BCUT2D eigenvalue weighted by atomic mass is 16.3. The summed E-state index contributed by atoms with van der Waals surface area (Å²) in [4.78, 5) is 23.6. The van der Waals surface area contributed by atoms with E-state index < -0.39 is 5.60 Å².